The minimum atomic E-state index is -0.950. The third-order valence-electron chi connectivity index (χ3n) is 5.02. The Kier molecular flexibility index (Phi) is 5.14. The average Bonchev–Trinajstić information content (AvgIpc) is 3.09. The summed E-state index contributed by atoms with van der Waals surface area (Å²) >= 11 is 0. The van der Waals surface area contributed by atoms with Crippen molar-refractivity contribution in [1.29, 1.82) is 5.26 Å². The van der Waals surface area contributed by atoms with Gasteiger partial charge in [0, 0.05) is 30.4 Å². The summed E-state index contributed by atoms with van der Waals surface area (Å²) in [5.74, 6) is -0.148. The van der Waals surface area contributed by atoms with Gasteiger partial charge in [0.15, 0.2) is 0 Å². The summed E-state index contributed by atoms with van der Waals surface area (Å²) in [6.45, 7) is 6.42. The molecule has 0 bridgehead atoms. The SMILES string of the molecule is CC(C)(C)N(CCC1CNC(=O)c2cc(-c3cccc(C#N)c3)cn21)C(=O)O. The van der Waals surface area contributed by atoms with Crippen LogP contribution in [0.1, 0.15) is 49.3 Å². The molecule has 2 amide bonds. The normalized spacial score (nSPS) is 16.1. The largest absolute Gasteiger partial charge is 0.465 e. The lowest BCUT2D eigenvalue weighted by Crippen LogP contribution is -2.47. The van der Waals surface area contributed by atoms with Crippen LogP contribution in [-0.2, 0) is 0 Å². The molecule has 2 aromatic rings. The predicted octanol–water partition coefficient (Wildman–Crippen LogP) is 3.48. The molecule has 0 radical (unpaired) electrons. The van der Waals surface area contributed by atoms with Gasteiger partial charge in [-0.3, -0.25) is 4.79 Å². The zero-order valence-electron chi connectivity index (χ0n) is 16.3. The van der Waals surface area contributed by atoms with Crippen LogP contribution in [0.3, 0.4) is 0 Å². The minimum absolute atomic E-state index is 0.0372. The van der Waals surface area contributed by atoms with Gasteiger partial charge in [-0.15, -0.1) is 0 Å². The van der Waals surface area contributed by atoms with Crippen molar-refractivity contribution in [1.82, 2.24) is 14.8 Å². The van der Waals surface area contributed by atoms with Crippen LogP contribution in [0.5, 0.6) is 0 Å². The third kappa shape index (κ3) is 3.86. The lowest BCUT2D eigenvalue weighted by molar-refractivity contribution is 0.0867. The lowest BCUT2D eigenvalue weighted by Gasteiger charge is -2.35. The maximum absolute atomic E-state index is 12.3. The van der Waals surface area contributed by atoms with Crippen LogP contribution < -0.4 is 5.32 Å². The Labute approximate surface area is 164 Å². The third-order valence-corrected chi connectivity index (χ3v) is 5.02. The van der Waals surface area contributed by atoms with Crippen molar-refractivity contribution in [2.75, 3.05) is 13.1 Å². The first-order chi connectivity index (χ1) is 13.2. The van der Waals surface area contributed by atoms with Crippen molar-refractivity contribution in [2.45, 2.75) is 38.8 Å². The van der Waals surface area contributed by atoms with E-state index < -0.39 is 11.6 Å². The molecule has 1 aliphatic heterocycles. The molecular weight excluding hydrogens is 356 g/mol. The molecule has 146 valence electrons. The number of carbonyl (C=O) groups excluding carboxylic acids is 1. The lowest BCUT2D eigenvalue weighted by atomic mass is 10.0. The molecule has 2 heterocycles. The fourth-order valence-electron chi connectivity index (χ4n) is 3.53. The number of nitriles is 1. The Morgan fingerprint density at radius 1 is 1.36 bits per heavy atom. The molecule has 28 heavy (non-hydrogen) atoms. The van der Waals surface area contributed by atoms with Crippen molar-refractivity contribution in [3.8, 4) is 17.2 Å². The fourth-order valence-corrected chi connectivity index (χ4v) is 3.53. The first-order valence-electron chi connectivity index (χ1n) is 9.22. The molecule has 1 atom stereocenters. The van der Waals surface area contributed by atoms with Crippen LogP contribution >= 0.6 is 0 Å². The summed E-state index contributed by atoms with van der Waals surface area (Å²) in [4.78, 5) is 25.3. The highest BCUT2D eigenvalue weighted by molar-refractivity contribution is 5.95. The Balaban J connectivity index is 1.87. The molecule has 1 aromatic heterocycles. The van der Waals surface area contributed by atoms with E-state index >= 15 is 0 Å². The number of aromatic nitrogens is 1. The van der Waals surface area contributed by atoms with E-state index in [-0.39, 0.29) is 11.9 Å². The maximum atomic E-state index is 12.3. The average molecular weight is 380 g/mol. The van der Waals surface area contributed by atoms with Crippen LogP contribution in [0.25, 0.3) is 11.1 Å². The van der Waals surface area contributed by atoms with Crippen LogP contribution in [0.4, 0.5) is 4.79 Å². The van der Waals surface area contributed by atoms with Crippen molar-refractivity contribution < 1.29 is 14.7 Å². The Morgan fingerprint density at radius 3 is 2.75 bits per heavy atom. The predicted molar refractivity (Wildman–Crippen MR) is 105 cm³/mol. The highest BCUT2D eigenvalue weighted by Crippen LogP contribution is 2.29. The summed E-state index contributed by atoms with van der Waals surface area (Å²) in [5.41, 5.74) is 2.34. The molecular formula is C21H24N4O3. The highest BCUT2D eigenvalue weighted by Gasteiger charge is 2.30. The van der Waals surface area contributed by atoms with E-state index in [0.717, 1.165) is 11.1 Å². The molecule has 0 saturated heterocycles. The number of carboxylic acid groups (broad SMARTS) is 1. The zero-order chi connectivity index (χ0) is 20.5. The first-order valence-corrected chi connectivity index (χ1v) is 9.22. The minimum Gasteiger partial charge on any atom is -0.465 e. The molecule has 1 unspecified atom stereocenters. The smallest absolute Gasteiger partial charge is 0.407 e. The highest BCUT2D eigenvalue weighted by atomic mass is 16.4. The Morgan fingerprint density at radius 2 is 2.11 bits per heavy atom. The van der Waals surface area contributed by atoms with Gasteiger partial charge in [-0.25, -0.2) is 4.79 Å². The zero-order valence-corrected chi connectivity index (χ0v) is 16.3. The number of rotatable bonds is 4. The molecule has 0 saturated carbocycles. The van der Waals surface area contributed by atoms with Crippen LogP contribution in [-0.4, -0.2) is 45.2 Å². The van der Waals surface area contributed by atoms with E-state index in [4.69, 9.17) is 5.26 Å². The molecule has 7 nitrogen and oxygen atoms in total. The molecule has 1 aromatic carbocycles. The Bertz CT molecular complexity index is 949. The molecule has 7 heteroatoms. The van der Waals surface area contributed by atoms with Gasteiger partial charge in [-0.05, 0) is 51.0 Å². The standard InChI is InChI=1S/C21H24N4O3/c1-21(2,3)25(20(27)28)8-7-17-12-23-19(26)18-10-16(13-24(17)18)15-6-4-5-14(9-15)11-22/h4-6,9-10,13,17H,7-8,12H2,1-3H3,(H,23,26)(H,27,28). The van der Waals surface area contributed by atoms with E-state index in [1.807, 2.05) is 49.7 Å². The number of nitrogens with one attached hydrogen (secondary N) is 1. The van der Waals surface area contributed by atoms with Gasteiger partial charge in [0.25, 0.3) is 5.91 Å². The number of carbonyl (C=O) groups is 2. The second-order valence-corrected chi connectivity index (χ2v) is 7.97. The van der Waals surface area contributed by atoms with Crippen molar-refractivity contribution in [3.63, 3.8) is 0 Å². The van der Waals surface area contributed by atoms with Crippen LogP contribution in [0.2, 0.25) is 0 Å². The Hall–Kier alpha value is -3.27. The summed E-state index contributed by atoms with van der Waals surface area (Å²) in [5, 5.41) is 21.5. The van der Waals surface area contributed by atoms with Gasteiger partial charge in [0.05, 0.1) is 17.7 Å². The quantitative estimate of drug-likeness (QED) is 0.848. The van der Waals surface area contributed by atoms with E-state index in [1.54, 1.807) is 12.1 Å². The maximum Gasteiger partial charge on any atom is 0.407 e. The van der Waals surface area contributed by atoms with Gasteiger partial charge >= 0.3 is 6.09 Å². The van der Waals surface area contributed by atoms with Crippen LogP contribution in [0.15, 0.2) is 36.5 Å². The number of nitrogens with zero attached hydrogens (tertiary/aromatic N) is 3. The molecule has 0 fully saturated rings. The number of fused-ring (bicyclic) bond motifs is 1. The number of hydrogen-bond acceptors (Lipinski definition) is 3. The topological polar surface area (TPSA) is 98.4 Å². The monoisotopic (exact) mass is 380 g/mol. The summed E-state index contributed by atoms with van der Waals surface area (Å²) in [7, 11) is 0. The number of hydrogen-bond donors (Lipinski definition) is 2. The molecule has 1 aliphatic rings. The first kappa shape index (κ1) is 19.5. The van der Waals surface area contributed by atoms with E-state index in [2.05, 4.69) is 11.4 Å². The van der Waals surface area contributed by atoms with Gasteiger partial charge < -0.3 is 19.9 Å². The van der Waals surface area contributed by atoms with Gasteiger partial charge in [-0.1, -0.05) is 12.1 Å². The molecule has 0 aliphatic carbocycles. The van der Waals surface area contributed by atoms with Crippen LogP contribution in [0, 0.1) is 11.3 Å². The molecule has 2 N–H and O–H groups in total. The second kappa shape index (κ2) is 7.39. The van der Waals surface area contributed by atoms with E-state index in [1.165, 1.54) is 4.90 Å². The molecule has 0 spiro atoms. The van der Waals surface area contributed by atoms with Crippen molar-refractivity contribution in [3.05, 3.63) is 47.8 Å². The second-order valence-electron chi connectivity index (χ2n) is 7.97. The van der Waals surface area contributed by atoms with E-state index in [9.17, 15) is 14.7 Å². The van der Waals surface area contributed by atoms with Gasteiger partial charge in [-0.2, -0.15) is 5.26 Å². The summed E-state index contributed by atoms with van der Waals surface area (Å²) < 4.78 is 1.93. The van der Waals surface area contributed by atoms with Gasteiger partial charge in [0.2, 0.25) is 0 Å². The number of amides is 2. The van der Waals surface area contributed by atoms with Gasteiger partial charge in [0.1, 0.15) is 5.69 Å². The summed E-state index contributed by atoms with van der Waals surface area (Å²) in [6.07, 6.45) is 1.55. The number of benzene rings is 1. The fraction of sp³-hybridized carbons (Fsp3) is 0.381. The summed E-state index contributed by atoms with van der Waals surface area (Å²) in [6, 6.07) is 11.2. The van der Waals surface area contributed by atoms with E-state index in [0.29, 0.717) is 30.8 Å². The molecule has 3 rings (SSSR count). The van der Waals surface area contributed by atoms with Crippen molar-refractivity contribution in [2.24, 2.45) is 0 Å². The van der Waals surface area contributed by atoms with Crippen molar-refractivity contribution >= 4 is 12.0 Å².